The molecular weight excluding hydrogens is 336 g/mol. The minimum absolute atomic E-state index is 0.0718. The van der Waals surface area contributed by atoms with Gasteiger partial charge in [0.05, 0.1) is 12.2 Å². The number of amides is 1. The zero-order chi connectivity index (χ0) is 18.2. The van der Waals surface area contributed by atoms with Crippen LogP contribution >= 0.6 is 11.6 Å². The Bertz CT molecular complexity index is 804. The van der Waals surface area contributed by atoms with Crippen LogP contribution in [-0.4, -0.2) is 11.5 Å². The van der Waals surface area contributed by atoms with Crippen LogP contribution in [0.1, 0.15) is 44.4 Å². The number of ether oxygens (including phenoxy) is 1. The van der Waals surface area contributed by atoms with E-state index in [1.54, 1.807) is 18.7 Å². The smallest absolute Gasteiger partial charge is 0.271 e. The summed E-state index contributed by atoms with van der Waals surface area (Å²) in [6.45, 7) is 5.99. The van der Waals surface area contributed by atoms with Gasteiger partial charge in [0.2, 0.25) is 0 Å². The molecule has 132 valence electrons. The van der Waals surface area contributed by atoms with E-state index in [2.05, 4.69) is 0 Å². The third-order valence-electron chi connectivity index (χ3n) is 4.55. The van der Waals surface area contributed by atoms with Crippen molar-refractivity contribution in [1.29, 1.82) is 0 Å². The standard InChI is InChI=1S/C20H23ClN2O2/c1-4-16(22)13-9-10-18-17(11-13)23(19(24)20(2,3)25-18)12-14-7-5-6-8-15(14)21/h5-11,16H,4,12,22H2,1-3H3. The van der Waals surface area contributed by atoms with E-state index in [0.717, 1.165) is 23.2 Å². The van der Waals surface area contributed by atoms with Crippen LogP contribution in [0.4, 0.5) is 5.69 Å². The van der Waals surface area contributed by atoms with E-state index >= 15 is 0 Å². The maximum atomic E-state index is 13.0. The minimum Gasteiger partial charge on any atom is -0.476 e. The molecule has 1 amide bonds. The number of fused-ring (bicyclic) bond motifs is 1. The van der Waals surface area contributed by atoms with Crippen LogP contribution in [0, 0.1) is 0 Å². The van der Waals surface area contributed by atoms with E-state index in [9.17, 15) is 4.79 Å². The van der Waals surface area contributed by atoms with Crippen LogP contribution in [0.25, 0.3) is 0 Å². The Hall–Kier alpha value is -2.04. The van der Waals surface area contributed by atoms with Crippen molar-refractivity contribution in [2.24, 2.45) is 5.73 Å². The number of carbonyl (C=O) groups excluding carboxylic acids is 1. The van der Waals surface area contributed by atoms with E-state index in [0.29, 0.717) is 17.3 Å². The van der Waals surface area contributed by atoms with E-state index < -0.39 is 5.60 Å². The van der Waals surface area contributed by atoms with Crippen LogP contribution in [0.15, 0.2) is 42.5 Å². The highest BCUT2D eigenvalue weighted by molar-refractivity contribution is 6.31. The van der Waals surface area contributed by atoms with Gasteiger partial charge in [-0.15, -0.1) is 0 Å². The van der Waals surface area contributed by atoms with Crippen molar-refractivity contribution in [3.05, 3.63) is 58.6 Å². The van der Waals surface area contributed by atoms with Gasteiger partial charge in [-0.2, -0.15) is 0 Å². The fraction of sp³-hybridized carbons (Fsp3) is 0.350. The van der Waals surface area contributed by atoms with Crippen molar-refractivity contribution in [2.75, 3.05) is 4.90 Å². The van der Waals surface area contributed by atoms with Gasteiger partial charge in [0.25, 0.3) is 5.91 Å². The Kier molecular flexibility index (Phi) is 4.76. The van der Waals surface area contributed by atoms with Crippen LogP contribution in [-0.2, 0) is 11.3 Å². The number of anilines is 1. The van der Waals surface area contributed by atoms with Crippen LogP contribution in [0.5, 0.6) is 5.75 Å². The average Bonchev–Trinajstić information content (AvgIpc) is 2.59. The van der Waals surface area contributed by atoms with Gasteiger partial charge in [-0.05, 0) is 49.6 Å². The van der Waals surface area contributed by atoms with Crippen molar-refractivity contribution in [3.8, 4) is 5.75 Å². The molecule has 1 atom stereocenters. The van der Waals surface area contributed by atoms with E-state index in [-0.39, 0.29) is 11.9 Å². The topological polar surface area (TPSA) is 55.6 Å². The Labute approximate surface area is 153 Å². The first-order valence-corrected chi connectivity index (χ1v) is 8.85. The second-order valence-electron chi connectivity index (χ2n) is 6.84. The molecule has 0 fully saturated rings. The molecule has 0 saturated carbocycles. The zero-order valence-electron chi connectivity index (χ0n) is 14.8. The quantitative estimate of drug-likeness (QED) is 0.878. The molecule has 1 aliphatic heterocycles. The Morgan fingerprint density at radius 3 is 2.64 bits per heavy atom. The second-order valence-corrected chi connectivity index (χ2v) is 7.24. The van der Waals surface area contributed by atoms with Crippen LogP contribution in [0.2, 0.25) is 5.02 Å². The summed E-state index contributed by atoms with van der Waals surface area (Å²) >= 11 is 6.30. The highest BCUT2D eigenvalue weighted by Gasteiger charge is 2.41. The maximum absolute atomic E-state index is 13.0. The van der Waals surface area contributed by atoms with Gasteiger partial charge in [0.1, 0.15) is 5.75 Å². The molecule has 3 rings (SSSR count). The van der Waals surface area contributed by atoms with Gasteiger partial charge in [-0.1, -0.05) is 42.8 Å². The van der Waals surface area contributed by atoms with Crippen molar-refractivity contribution in [2.45, 2.75) is 45.4 Å². The molecule has 0 spiro atoms. The summed E-state index contributed by atoms with van der Waals surface area (Å²) in [5.41, 5.74) is 7.87. The molecule has 0 radical (unpaired) electrons. The summed E-state index contributed by atoms with van der Waals surface area (Å²) < 4.78 is 5.93. The third kappa shape index (κ3) is 3.37. The molecule has 0 aromatic heterocycles. The molecule has 0 aliphatic carbocycles. The molecule has 2 aromatic carbocycles. The summed E-state index contributed by atoms with van der Waals surface area (Å²) in [7, 11) is 0. The predicted molar refractivity (Wildman–Crippen MR) is 101 cm³/mol. The van der Waals surface area contributed by atoms with Gasteiger partial charge in [-0.3, -0.25) is 4.79 Å². The summed E-state index contributed by atoms with van der Waals surface area (Å²) in [6, 6.07) is 13.3. The van der Waals surface area contributed by atoms with E-state index in [1.165, 1.54) is 0 Å². The fourth-order valence-corrected chi connectivity index (χ4v) is 3.20. The molecule has 5 heteroatoms. The molecule has 1 unspecified atom stereocenters. The molecule has 25 heavy (non-hydrogen) atoms. The van der Waals surface area contributed by atoms with Gasteiger partial charge in [-0.25, -0.2) is 0 Å². The molecule has 2 aromatic rings. The number of benzene rings is 2. The van der Waals surface area contributed by atoms with Gasteiger partial charge in [0, 0.05) is 11.1 Å². The number of hydrogen-bond donors (Lipinski definition) is 1. The predicted octanol–water partition coefficient (Wildman–Crippen LogP) is 4.45. The molecular formula is C20H23ClN2O2. The van der Waals surface area contributed by atoms with Crippen molar-refractivity contribution >= 4 is 23.2 Å². The second kappa shape index (κ2) is 6.70. The van der Waals surface area contributed by atoms with E-state index in [4.69, 9.17) is 22.1 Å². The number of carbonyl (C=O) groups is 1. The van der Waals surface area contributed by atoms with Crippen LogP contribution < -0.4 is 15.4 Å². The lowest BCUT2D eigenvalue weighted by molar-refractivity contribution is -0.132. The highest BCUT2D eigenvalue weighted by atomic mass is 35.5. The zero-order valence-corrected chi connectivity index (χ0v) is 15.5. The Balaban J connectivity index is 2.07. The number of halogens is 1. The largest absolute Gasteiger partial charge is 0.476 e. The van der Waals surface area contributed by atoms with Gasteiger partial charge in [0.15, 0.2) is 5.60 Å². The third-order valence-corrected chi connectivity index (χ3v) is 4.92. The summed E-state index contributed by atoms with van der Waals surface area (Å²) in [4.78, 5) is 14.7. The number of nitrogens with zero attached hydrogens (tertiary/aromatic N) is 1. The summed E-state index contributed by atoms with van der Waals surface area (Å²) in [5.74, 6) is 0.589. The Morgan fingerprint density at radius 2 is 1.96 bits per heavy atom. The SMILES string of the molecule is CCC(N)c1ccc2c(c1)N(Cc1ccccc1Cl)C(=O)C(C)(C)O2. The first-order valence-electron chi connectivity index (χ1n) is 8.47. The monoisotopic (exact) mass is 358 g/mol. The number of hydrogen-bond acceptors (Lipinski definition) is 3. The molecule has 1 heterocycles. The molecule has 2 N–H and O–H groups in total. The highest BCUT2D eigenvalue weighted by Crippen LogP contribution is 2.40. The fourth-order valence-electron chi connectivity index (χ4n) is 3.00. The molecule has 4 nitrogen and oxygen atoms in total. The summed E-state index contributed by atoms with van der Waals surface area (Å²) in [5, 5.41) is 0.641. The first kappa shape index (κ1) is 17.8. The van der Waals surface area contributed by atoms with Gasteiger partial charge < -0.3 is 15.4 Å². The molecule has 0 bridgehead atoms. The van der Waals surface area contributed by atoms with Crippen LogP contribution in [0.3, 0.4) is 0 Å². The maximum Gasteiger partial charge on any atom is 0.271 e. The lowest BCUT2D eigenvalue weighted by atomic mass is 9.99. The lowest BCUT2D eigenvalue weighted by Crippen LogP contribution is -2.52. The normalized spacial score (nSPS) is 17.0. The number of nitrogens with two attached hydrogens (primary N) is 1. The first-order chi connectivity index (χ1) is 11.8. The van der Waals surface area contributed by atoms with Crippen molar-refractivity contribution < 1.29 is 9.53 Å². The lowest BCUT2D eigenvalue weighted by Gasteiger charge is -2.39. The van der Waals surface area contributed by atoms with E-state index in [1.807, 2.05) is 49.4 Å². The van der Waals surface area contributed by atoms with Crippen molar-refractivity contribution in [3.63, 3.8) is 0 Å². The Morgan fingerprint density at radius 1 is 1.24 bits per heavy atom. The number of rotatable bonds is 4. The molecule has 1 aliphatic rings. The van der Waals surface area contributed by atoms with Gasteiger partial charge >= 0.3 is 0 Å². The molecule has 0 saturated heterocycles. The summed E-state index contributed by atoms with van der Waals surface area (Å²) in [6.07, 6.45) is 0.823. The van der Waals surface area contributed by atoms with Crippen molar-refractivity contribution in [1.82, 2.24) is 0 Å². The average molecular weight is 359 g/mol. The minimum atomic E-state index is -0.928.